The van der Waals surface area contributed by atoms with Crippen LogP contribution in [0, 0.1) is 13.8 Å². The summed E-state index contributed by atoms with van der Waals surface area (Å²) in [6, 6.07) is 3.88. The van der Waals surface area contributed by atoms with Gasteiger partial charge in [-0.1, -0.05) is 12.1 Å². The third-order valence-electron chi connectivity index (χ3n) is 4.42. The van der Waals surface area contributed by atoms with Crippen molar-refractivity contribution in [3.05, 3.63) is 28.8 Å². The number of carbonyl (C=O) groups excluding carboxylic acids is 2. The van der Waals surface area contributed by atoms with Gasteiger partial charge in [-0.05, 0) is 31.9 Å². The maximum atomic E-state index is 12.5. The average Bonchev–Trinajstić information content (AvgIpc) is 2.77. The number of hydrogen-bond donors (Lipinski definition) is 0. The fraction of sp³-hybridized carbons (Fsp3) is 0.500. The van der Waals surface area contributed by atoms with Gasteiger partial charge in [0, 0.05) is 13.1 Å². The molecule has 0 N–H and O–H groups in total. The van der Waals surface area contributed by atoms with Crippen LogP contribution in [0.5, 0.6) is 0 Å². The van der Waals surface area contributed by atoms with Crippen LogP contribution < -0.4 is 4.90 Å². The quantitative estimate of drug-likeness (QED) is 0.780. The molecule has 1 saturated heterocycles. The van der Waals surface area contributed by atoms with Gasteiger partial charge in [-0.3, -0.25) is 19.4 Å². The number of benzene rings is 1. The number of morpholine rings is 1. The van der Waals surface area contributed by atoms with E-state index in [1.165, 1.54) is 0 Å². The summed E-state index contributed by atoms with van der Waals surface area (Å²) in [7, 11) is 0. The van der Waals surface area contributed by atoms with Gasteiger partial charge in [0.1, 0.15) is 0 Å². The van der Waals surface area contributed by atoms with Gasteiger partial charge in [-0.15, -0.1) is 12.4 Å². The Morgan fingerprint density at radius 3 is 2.32 bits per heavy atom. The fourth-order valence-corrected chi connectivity index (χ4v) is 3.18. The van der Waals surface area contributed by atoms with Gasteiger partial charge >= 0.3 is 5.91 Å². The van der Waals surface area contributed by atoms with Crippen molar-refractivity contribution in [1.29, 1.82) is 0 Å². The van der Waals surface area contributed by atoms with Crippen molar-refractivity contribution < 1.29 is 14.3 Å². The number of hydrogen-bond acceptors (Lipinski definition) is 4. The molecule has 1 unspecified atom stereocenters. The Morgan fingerprint density at radius 1 is 1.09 bits per heavy atom. The molecule has 0 spiro atoms. The number of ketones is 1. The molecular weight excluding hydrogens is 304 g/mol. The lowest BCUT2D eigenvalue weighted by Crippen LogP contribution is -2.52. The maximum absolute atomic E-state index is 12.5. The van der Waals surface area contributed by atoms with Crippen LogP contribution in [0.2, 0.25) is 0 Å². The molecule has 0 bridgehead atoms. The second kappa shape index (κ2) is 6.36. The number of amides is 1. The zero-order chi connectivity index (χ0) is 15.1. The van der Waals surface area contributed by atoms with Gasteiger partial charge in [0.25, 0.3) is 5.78 Å². The maximum Gasteiger partial charge on any atom is 0.300 e. The van der Waals surface area contributed by atoms with Crippen molar-refractivity contribution in [1.82, 2.24) is 4.90 Å². The second-order valence-corrected chi connectivity index (χ2v) is 5.71. The minimum atomic E-state index is -0.415. The standard InChI is InChI=1S/C16H20N2O3.ClH/c1-10-4-5-11(2)14-13(10)15(19)16(20)18(14)12(3)17-6-8-21-9-7-17;/h4-5,12H,6-9H2,1-3H3;1H. The smallest absolute Gasteiger partial charge is 0.300 e. The van der Waals surface area contributed by atoms with Crippen molar-refractivity contribution in [2.45, 2.75) is 26.9 Å². The lowest BCUT2D eigenvalue weighted by Gasteiger charge is -2.37. The molecule has 2 aliphatic rings. The largest absolute Gasteiger partial charge is 0.379 e. The highest BCUT2D eigenvalue weighted by molar-refractivity contribution is 6.52. The molecule has 2 heterocycles. The minimum Gasteiger partial charge on any atom is -0.379 e. The van der Waals surface area contributed by atoms with E-state index in [1.54, 1.807) is 4.90 Å². The molecule has 120 valence electrons. The Labute approximate surface area is 136 Å². The minimum absolute atomic E-state index is 0. The first kappa shape index (κ1) is 16.9. The third-order valence-corrected chi connectivity index (χ3v) is 4.42. The van der Waals surface area contributed by atoms with Crippen LogP contribution in [0.1, 0.15) is 28.4 Å². The third kappa shape index (κ3) is 2.53. The van der Waals surface area contributed by atoms with Gasteiger partial charge in [-0.2, -0.15) is 0 Å². The number of anilines is 1. The van der Waals surface area contributed by atoms with E-state index in [1.807, 2.05) is 32.9 Å². The summed E-state index contributed by atoms with van der Waals surface area (Å²) in [6.45, 7) is 8.70. The van der Waals surface area contributed by atoms with Crippen LogP contribution >= 0.6 is 12.4 Å². The van der Waals surface area contributed by atoms with Crippen molar-refractivity contribution in [3.8, 4) is 0 Å². The Hall–Kier alpha value is -1.43. The molecule has 1 fully saturated rings. The molecule has 0 aliphatic carbocycles. The molecule has 2 aliphatic heterocycles. The lowest BCUT2D eigenvalue weighted by molar-refractivity contribution is -0.115. The fourth-order valence-electron chi connectivity index (χ4n) is 3.18. The summed E-state index contributed by atoms with van der Waals surface area (Å²) in [5.74, 6) is -0.798. The molecule has 5 nitrogen and oxygen atoms in total. The molecule has 6 heteroatoms. The number of ether oxygens (including phenoxy) is 1. The number of carbonyl (C=O) groups is 2. The summed E-state index contributed by atoms with van der Waals surface area (Å²) in [5.41, 5.74) is 3.18. The lowest BCUT2D eigenvalue weighted by atomic mass is 10.0. The van der Waals surface area contributed by atoms with Gasteiger partial charge in [-0.25, -0.2) is 0 Å². The number of aryl methyl sites for hydroxylation is 2. The Bertz CT molecular complexity index is 612. The molecule has 0 radical (unpaired) electrons. The van der Waals surface area contributed by atoms with Crippen molar-refractivity contribution >= 4 is 29.8 Å². The van der Waals surface area contributed by atoms with Crippen molar-refractivity contribution in [2.24, 2.45) is 0 Å². The molecule has 1 aromatic rings. The number of fused-ring (bicyclic) bond motifs is 1. The van der Waals surface area contributed by atoms with Crippen LogP contribution in [-0.2, 0) is 9.53 Å². The topological polar surface area (TPSA) is 49.9 Å². The predicted octanol–water partition coefficient (Wildman–Crippen LogP) is 1.93. The second-order valence-electron chi connectivity index (χ2n) is 5.71. The van der Waals surface area contributed by atoms with Crippen LogP contribution in [0.15, 0.2) is 12.1 Å². The van der Waals surface area contributed by atoms with E-state index in [0.717, 1.165) is 29.9 Å². The van der Waals surface area contributed by atoms with Gasteiger partial charge in [0.2, 0.25) is 0 Å². The SMILES string of the molecule is Cc1ccc(C)c2c1C(=O)C(=O)N2C(C)N1CCOCC1.Cl. The van der Waals surface area contributed by atoms with Gasteiger partial charge < -0.3 is 4.74 Å². The number of rotatable bonds is 2. The zero-order valence-corrected chi connectivity index (χ0v) is 13.9. The highest BCUT2D eigenvalue weighted by Crippen LogP contribution is 2.36. The summed E-state index contributed by atoms with van der Waals surface area (Å²) < 4.78 is 5.36. The summed E-state index contributed by atoms with van der Waals surface area (Å²) in [4.78, 5) is 28.6. The zero-order valence-electron chi connectivity index (χ0n) is 13.1. The monoisotopic (exact) mass is 324 g/mol. The van der Waals surface area contributed by atoms with E-state index in [2.05, 4.69) is 4.90 Å². The number of nitrogens with zero attached hydrogens (tertiary/aromatic N) is 2. The van der Waals surface area contributed by atoms with Gasteiger partial charge in [0.15, 0.2) is 0 Å². The van der Waals surface area contributed by atoms with Crippen LogP contribution in [0.3, 0.4) is 0 Å². The first-order chi connectivity index (χ1) is 10.0. The summed E-state index contributed by atoms with van der Waals surface area (Å²) in [5, 5.41) is 0. The first-order valence-corrected chi connectivity index (χ1v) is 7.32. The van der Waals surface area contributed by atoms with Crippen LogP contribution in [-0.4, -0.2) is 49.1 Å². The van der Waals surface area contributed by atoms with E-state index >= 15 is 0 Å². The summed E-state index contributed by atoms with van der Waals surface area (Å²) in [6.07, 6.45) is -0.132. The van der Waals surface area contributed by atoms with E-state index in [0.29, 0.717) is 18.8 Å². The molecule has 22 heavy (non-hydrogen) atoms. The van der Waals surface area contributed by atoms with Crippen molar-refractivity contribution in [2.75, 3.05) is 31.2 Å². The van der Waals surface area contributed by atoms with Gasteiger partial charge in [0.05, 0.1) is 30.6 Å². The van der Waals surface area contributed by atoms with E-state index in [9.17, 15) is 9.59 Å². The number of Topliss-reactive ketones (excluding diaryl/α,β-unsaturated/α-hetero) is 1. The average molecular weight is 325 g/mol. The highest BCUT2D eigenvalue weighted by atomic mass is 35.5. The van der Waals surface area contributed by atoms with E-state index in [4.69, 9.17) is 4.74 Å². The summed E-state index contributed by atoms with van der Waals surface area (Å²) >= 11 is 0. The van der Waals surface area contributed by atoms with Crippen LogP contribution in [0.4, 0.5) is 5.69 Å². The van der Waals surface area contributed by atoms with Crippen LogP contribution in [0.25, 0.3) is 0 Å². The Kier molecular flexibility index (Phi) is 4.90. The molecule has 1 aromatic carbocycles. The predicted molar refractivity (Wildman–Crippen MR) is 86.8 cm³/mol. The molecule has 1 atom stereocenters. The molecule has 1 amide bonds. The van der Waals surface area contributed by atoms with E-state index in [-0.39, 0.29) is 24.4 Å². The Balaban J connectivity index is 0.00000176. The van der Waals surface area contributed by atoms with Crippen molar-refractivity contribution in [3.63, 3.8) is 0 Å². The molecular formula is C16H21ClN2O3. The highest BCUT2D eigenvalue weighted by Gasteiger charge is 2.42. The molecule has 0 aromatic heterocycles. The molecule has 0 saturated carbocycles. The normalized spacial score (nSPS) is 19.9. The van der Waals surface area contributed by atoms with E-state index < -0.39 is 5.91 Å². The Morgan fingerprint density at radius 2 is 1.68 bits per heavy atom. The molecule has 3 rings (SSSR count). The first-order valence-electron chi connectivity index (χ1n) is 7.32. The number of halogens is 1.